The normalized spacial score (nSPS) is 13.2. The van der Waals surface area contributed by atoms with Gasteiger partial charge in [0.2, 0.25) is 0 Å². The van der Waals surface area contributed by atoms with Gasteiger partial charge in [0.05, 0.1) is 24.3 Å². The van der Waals surface area contributed by atoms with Crippen LogP contribution in [0.25, 0.3) is 0 Å². The van der Waals surface area contributed by atoms with Crippen molar-refractivity contribution < 1.29 is 22.7 Å². The van der Waals surface area contributed by atoms with E-state index in [4.69, 9.17) is 4.74 Å². The Morgan fingerprint density at radius 2 is 1.96 bits per heavy atom. The molecular weight excluding hydrogens is 396 g/mol. The maximum absolute atomic E-state index is 12.3. The largest absolute Gasteiger partial charge is 0.494 e. The van der Waals surface area contributed by atoms with Crippen LogP contribution in [0.5, 0.6) is 0 Å². The summed E-state index contributed by atoms with van der Waals surface area (Å²) >= 11 is 3.35. The van der Waals surface area contributed by atoms with Crippen LogP contribution in [-0.2, 0) is 24.1 Å². The van der Waals surface area contributed by atoms with E-state index in [1.807, 2.05) is 0 Å². The molecule has 0 bridgehead atoms. The Hall–Kier alpha value is -1.60. The number of benzene rings is 1. The van der Waals surface area contributed by atoms with E-state index in [9.17, 15) is 13.2 Å². The monoisotopic (exact) mass is 416 g/mol. The summed E-state index contributed by atoms with van der Waals surface area (Å²) in [5.41, 5.74) is 0. The second-order valence-corrected chi connectivity index (χ2v) is 7.50. The first-order chi connectivity index (χ1) is 11.5. The fourth-order valence-corrected chi connectivity index (χ4v) is 3.27. The third-order valence-electron chi connectivity index (χ3n) is 3.08. The Balaban J connectivity index is 2.78. The number of rotatable bonds is 10. The van der Waals surface area contributed by atoms with Crippen LogP contribution in [0.3, 0.4) is 0 Å². The van der Waals surface area contributed by atoms with E-state index in [1.54, 1.807) is 18.2 Å². The second kappa shape index (κ2) is 11.0. The Bertz CT molecular complexity index is 653. The molecule has 0 spiro atoms. The fourth-order valence-electron chi connectivity index (χ4n) is 1.79. The van der Waals surface area contributed by atoms with Crippen LogP contribution < -0.4 is 0 Å². The van der Waals surface area contributed by atoms with Crippen molar-refractivity contribution in [3.05, 3.63) is 54.2 Å². The van der Waals surface area contributed by atoms with E-state index in [0.29, 0.717) is 6.42 Å². The molecule has 0 aliphatic heterocycles. The van der Waals surface area contributed by atoms with Gasteiger partial charge in [-0.2, -0.15) is 0 Å². The van der Waals surface area contributed by atoms with Crippen LogP contribution in [0, 0.1) is 0 Å². The van der Waals surface area contributed by atoms with Crippen molar-refractivity contribution in [2.75, 3.05) is 12.4 Å². The number of alkyl halides is 1. The van der Waals surface area contributed by atoms with Gasteiger partial charge in [0.15, 0.2) is 9.84 Å². The minimum absolute atomic E-state index is 0.227. The fraction of sp³-hybridized carbons (Fsp3) is 0.353. The number of sulfone groups is 1. The van der Waals surface area contributed by atoms with Gasteiger partial charge < -0.3 is 9.47 Å². The lowest BCUT2D eigenvalue weighted by Gasteiger charge is -2.12. The minimum Gasteiger partial charge on any atom is -0.494 e. The molecule has 24 heavy (non-hydrogen) atoms. The van der Waals surface area contributed by atoms with Gasteiger partial charge >= 0.3 is 5.97 Å². The maximum Gasteiger partial charge on any atom is 0.333 e. The van der Waals surface area contributed by atoms with Crippen molar-refractivity contribution in [3.63, 3.8) is 0 Å². The molecular formula is C17H21BrO5S. The summed E-state index contributed by atoms with van der Waals surface area (Å²) in [4.78, 5) is 11.3. The third-order valence-corrected chi connectivity index (χ3v) is 5.08. The molecule has 0 amide bonds. The summed E-state index contributed by atoms with van der Waals surface area (Å²) in [6.45, 7) is 0. The number of hydrogen-bond donors (Lipinski definition) is 0. The van der Waals surface area contributed by atoms with Crippen molar-refractivity contribution in [3.8, 4) is 0 Å². The molecule has 0 N–H and O–H groups in total. The summed E-state index contributed by atoms with van der Waals surface area (Å²) in [5.74, 6) is -0.532. The number of hydrogen-bond acceptors (Lipinski definition) is 5. The van der Waals surface area contributed by atoms with E-state index in [0.717, 1.165) is 29.7 Å². The van der Waals surface area contributed by atoms with Crippen molar-refractivity contribution in [2.24, 2.45) is 0 Å². The summed E-state index contributed by atoms with van der Waals surface area (Å²) in [5, 5.41) is 2.01. The highest BCUT2D eigenvalue weighted by atomic mass is 79.9. The number of ether oxygens (including phenoxy) is 2. The van der Waals surface area contributed by atoms with Gasteiger partial charge in [0, 0.05) is 10.7 Å². The average molecular weight is 417 g/mol. The number of carbonyl (C=O) groups excluding carboxylic acids is 1. The van der Waals surface area contributed by atoms with Crippen LogP contribution in [0.1, 0.15) is 19.3 Å². The van der Waals surface area contributed by atoms with Crippen molar-refractivity contribution in [1.29, 1.82) is 0 Å². The molecule has 0 radical (unpaired) electrons. The van der Waals surface area contributed by atoms with Crippen molar-refractivity contribution in [2.45, 2.75) is 30.3 Å². The Morgan fingerprint density at radius 3 is 2.58 bits per heavy atom. The standard InChI is InChI=1S/C17H21BrO5S/c1-22-17(19)10-13-23-15(7-5-6-12-18)11-14-24(20,21)16-8-3-2-4-9-16/h2-4,8-11,13-15H,5-7,12H2,1H3/b13-10+,14-11+. The first-order valence-electron chi connectivity index (χ1n) is 7.44. The zero-order valence-electron chi connectivity index (χ0n) is 13.4. The molecule has 0 saturated carbocycles. The van der Waals surface area contributed by atoms with Gasteiger partial charge in [-0.3, -0.25) is 0 Å². The van der Waals surface area contributed by atoms with E-state index in [1.165, 1.54) is 31.6 Å². The van der Waals surface area contributed by atoms with Gasteiger partial charge in [0.1, 0.15) is 6.10 Å². The summed E-state index contributed by atoms with van der Waals surface area (Å²) < 4.78 is 34.4. The molecule has 1 atom stereocenters. The predicted molar refractivity (Wildman–Crippen MR) is 96.4 cm³/mol. The molecule has 1 aromatic rings. The quantitative estimate of drug-likeness (QED) is 0.191. The highest BCUT2D eigenvalue weighted by molar-refractivity contribution is 9.09. The van der Waals surface area contributed by atoms with Gasteiger partial charge in [-0.25, -0.2) is 13.2 Å². The zero-order chi connectivity index (χ0) is 17.8. The first-order valence-corrected chi connectivity index (χ1v) is 10.1. The number of esters is 1. The lowest BCUT2D eigenvalue weighted by Crippen LogP contribution is -2.08. The molecule has 0 saturated heterocycles. The zero-order valence-corrected chi connectivity index (χ0v) is 15.8. The Kier molecular flexibility index (Phi) is 9.41. The summed E-state index contributed by atoms with van der Waals surface area (Å²) in [6.07, 6.45) is 5.87. The Morgan fingerprint density at radius 1 is 1.25 bits per heavy atom. The topological polar surface area (TPSA) is 69.7 Å². The molecule has 1 aromatic carbocycles. The summed E-state index contributed by atoms with van der Waals surface area (Å²) in [7, 11) is -2.25. The smallest absolute Gasteiger partial charge is 0.333 e. The molecule has 7 heteroatoms. The summed E-state index contributed by atoms with van der Waals surface area (Å²) in [6, 6.07) is 8.18. The van der Waals surface area contributed by atoms with Crippen LogP contribution >= 0.6 is 15.9 Å². The van der Waals surface area contributed by atoms with Crippen LogP contribution in [-0.4, -0.2) is 32.9 Å². The maximum atomic E-state index is 12.3. The van der Waals surface area contributed by atoms with Gasteiger partial charge in [0.25, 0.3) is 0 Å². The van der Waals surface area contributed by atoms with Crippen LogP contribution in [0.2, 0.25) is 0 Å². The van der Waals surface area contributed by atoms with E-state index < -0.39 is 21.9 Å². The van der Waals surface area contributed by atoms with E-state index in [-0.39, 0.29) is 4.90 Å². The molecule has 0 aliphatic rings. The molecule has 1 rings (SSSR count). The SMILES string of the molecule is COC(=O)/C=C/OC(/C=C/S(=O)(=O)c1ccccc1)CCCCBr. The van der Waals surface area contributed by atoms with Gasteiger partial charge in [-0.05, 0) is 37.5 Å². The Labute approximate surface area is 151 Å². The number of carbonyl (C=O) groups is 1. The molecule has 0 heterocycles. The third kappa shape index (κ3) is 7.79. The molecule has 0 fully saturated rings. The molecule has 1 unspecified atom stereocenters. The lowest BCUT2D eigenvalue weighted by atomic mass is 10.1. The first kappa shape index (κ1) is 20.4. The highest BCUT2D eigenvalue weighted by Crippen LogP contribution is 2.14. The molecule has 0 aromatic heterocycles. The van der Waals surface area contributed by atoms with Crippen molar-refractivity contribution in [1.82, 2.24) is 0 Å². The average Bonchev–Trinajstić information content (AvgIpc) is 2.60. The molecule has 5 nitrogen and oxygen atoms in total. The van der Waals surface area contributed by atoms with Crippen LogP contribution in [0.15, 0.2) is 59.0 Å². The van der Waals surface area contributed by atoms with Crippen LogP contribution in [0.4, 0.5) is 0 Å². The lowest BCUT2D eigenvalue weighted by molar-refractivity contribution is -0.135. The van der Waals surface area contributed by atoms with Gasteiger partial charge in [-0.15, -0.1) is 0 Å². The number of unbranched alkanes of at least 4 members (excludes halogenated alkanes) is 1. The number of methoxy groups -OCH3 is 1. The second-order valence-electron chi connectivity index (χ2n) is 4.87. The molecule has 132 valence electrons. The van der Waals surface area contributed by atoms with E-state index in [2.05, 4.69) is 20.7 Å². The van der Waals surface area contributed by atoms with Gasteiger partial charge in [-0.1, -0.05) is 34.1 Å². The van der Waals surface area contributed by atoms with E-state index >= 15 is 0 Å². The number of halogens is 1. The molecule has 0 aliphatic carbocycles. The highest BCUT2D eigenvalue weighted by Gasteiger charge is 2.11. The predicted octanol–water partition coefficient (Wildman–Crippen LogP) is 3.61. The van der Waals surface area contributed by atoms with Crippen molar-refractivity contribution >= 4 is 31.7 Å². The minimum atomic E-state index is -3.52.